The van der Waals surface area contributed by atoms with Crippen molar-refractivity contribution in [3.8, 4) is 17.6 Å². The number of aldehydes is 1. The fourth-order valence-corrected chi connectivity index (χ4v) is 1.60. The second-order valence-corrected chi connectivity index (χ2v) is 5.60. The lowest BCUT2D eigenvalue weighted by molar-refractivity contribution is 0.0535. The molecule has 0 aliphatic rings. The SMILES string of the molecule is CC(C)(C)OC(=O)NCC#Cc1cc(Cl)cc(C=O)c1O. The van der Waals surface area contributed by atoms with Crippen molar-refractivity contribution in [2.24, 2.45) is 0 Å². The molecular formula is C15H16ClNO4. The summed E-state index contributed by atoms with van der Waals surface area (Å²) in [6.45, 7) is 5.30. The van der Waals surface area contributed by atoms with Crippen molar-refractivity contribution < 1.29 is 19.4 Å². The van der Waals surface area contributed by atoms with Crippen LogP contribution in [0.2, 0.25) is 5.02 Å². The van der Waals surface area contributed by atoms with E-state index in [-0.39, 0.29) is 23.4 Å². The van der Waals surface area contributed by atoms with E-state index in [1.165, 1.54) is 12.1 Å². The van der Waals surface area contributed by atoms with E-state index in [2.05, 4.69) is 17.2 Å². The van der Waals surface area contributed by atoms with Gasteiger partial charge in [0.15, 0.2) is 6.29 Å². The maximum absolute atomic E-state index is 11.4. The summed E-state index contributed by atoms with van der Waals surface area (Å²) < 4.78 is 5.03. The smallest absolute Gasteiger partial charge is 0.408 e. The highest BCUT2D eigenvalue weighted by molar-refractivity contribution is 6.31. The summed E-state index contributed by atoms with van der Waals surface area (Å²) in [6.07, 6.45) is -0.0913. The van der Waals surface area contributed by atoms with E-state index >= 15 is 0 Å². The van der Waals surface area contributed by atoms with Gasteiger partial charge in [-0.3, -0.25) is 4.79 Å². The van der Waals surface area contributed by atoms with Gasteiger partial charge in [-0.1, -0.05) is 23.4 Å². The number of amides is 1. The highest BCUT2D eigenvalue weighted by atomic mass is 35.5. The molecule has 1 aromatic rings. The van der Waals surface area contributed by atoms with Gasteiger partial charge in [0.05, 0.1) is 17.7 Å². The molecule has 6 heteroatoms. The van der Waals surface area contributed by atoms with Gasteiger partial charge in [0, 0.05) is 5.02 Å². The number of phenols is 1. The van der Waals surface area contributed by atoms with Gasteiger partial charge in [0.1, 0.15) is 11.4 Å². The predicted molar refractivity (Wildman–Crippen MR) is 79.6 cm³/mol. The molecule has 1 aromatic carbocycles. The van der Waals surface area contributed by atoms with Crippen molar-refractivity contribution in [1.29, 1.82) is 0 Å². The summed E-state index contributed by atoms with van der Waals surface area (Å²) in [5.74, 6) is 5.04. The first-order chi connectivity index (χ1) is 9.73. The Kier molecular flexibility index (Phi) is 5.62. The molecule has 2 N–H and O–H groups in total. The first kappa shape index (κ1) is 16.9. The Morgan fingerprint density at radius 3 is 2.71 bits per heavy atom. The van der Waals surface area contributed by atoms with E-state index in [4.69, 9.17) is 16.3 Å². The van der Waals surface area contributed by atoms with Crippen LogP contribution in [0.5, 0.6) is 5.75 Å². The van der Waals surface area contributed by atoms with Crippen molar-refractivity contribution in [2.45, 2.75) is 26.4 Å². The maximum atomic E-state index is 11.4. The molecule has 0 aliphatic carbocycles. The zero-order valence-corrected chi connectivity index (χ0v) is 12.7. The fourth-order valence-electron chi connectivity index (χ4n) is 1.38. The first-order valence-corrected chi connectivity index (χ1v) is 6.54. The zero-order chi connectivity index (χ0) is 16.0. The predicted octanol–water partition coefficient (Wildman–Crippen LogP) is 2.73. The molecular weight excluding hydrogens is 294 g/mol. The van der Waals surface area contributed by atoms with Gasteiger partial charge in [-0.05, 0) is 32.9 Å². The lowest BCUT2D eigenvalue weighted by Crippen LogP contribution is -2.32. The zero-order valence-electron chi connectivity index (χ0n) is 12.0. The van der Waals surface area contributed by atoms with Crippen LogP contribution in [-0.2, 0) is 4.74 Å². The van der Waals surface area contributed by atoms with Gasteiger partial charge < -0.3 is 15.2 Å². The number of nitrogens with one attached hydrogen (secondary N) is 1. The number of carbonyl (C=O) groups is 2. The number of aromatic hydroxyl groups is 1. The van der Waals surface area contributed by atoms with E-state index in [1.807, 2.05) is 0 Å². The van der Waals surface area contributed by atoms with Gasteiger partial charge >= 0.3 is 6.09 Å². The maximum Gasteiger partial charge on any atom is 0.408 e. The monoisotopic (exact) mass is 309 g/mol. The van der Waals surface area contributed by atoms with Crippen LogP contribution >= 0.6 is 11.6 Å². The summed E-state index contributed by atoms with van der Waals surface area (Å²) in [5.41, 5.74) is -0.302. The second kappa shape index (κ2) is 7.00. The minimum absolute atomic E-state index is 0.0390. The Bertz CT molecular complexity index is 609. The largest absolute Gasteiger partial charge is 0.506 e. The Balaban J connectivity index is 2.70. The highest BCUT2D eigenvalue weighted by Gasteiger charge is 2.15. The van der Waals surface area contributed by atoms with Crippen LogP contribution in [0.4, 0.5) is 4.79 Å². The number of ether oxygens (including phenoxy) is 1. The van der Waals surface area contributed by atoms with Crippen molar-refractivity contribution in [2.75, 3.05) is 6.54 Å². The summed E-state index contributed by atoms with van der Waals surface area (Å²) in [7, 11) is 0. The van der Waals surface area contributed by atoms with Crippen LogP contribution in [0.25, 0.3) is 0 Å². The molecule has 5 nitrogen and oxygen atoms in total. The van der Waals surface area contributed by atoms with Crippen LogP contribution in [0.15, 0.2) is 12.1 Å². The van der Waals surface area contributed by atoms with E-state index in [0.29, 0.717) is 11.3 Å². The van der Waals surface area contributed by atoms with Crippen LogP contribution in [-0.4, -0.2) is 29.6 Å². The second-order valence-electron chi connectivity index (χ2n) is 5.17. The molecule has 0 aliphatic heterocycles. The van der Waals surface area contributed by atoms with Crippen molar-refractivity contribution >= 4 is 24.0 Å². The van der Waals surface area contributed by atoms with Gasteiger partial charge in [0.2, 0.25) is 0 Å². The van der Waals surface area contributed by atoms with E-state index in [1.54, 1.807) is 20.8 Å². The minimum atomic E-state index is -0.583. The van der Waals surface area contributed by atoms with Crippen LogP contribution < -0.4 is 5.32 Å². The molecule has 0 saturated carbocycles. The molecule has 1 rings (SSSR count). The van der Waals surface area contributed by atoms with Gasteiger partial charge in [0.25, 0.3) is 0 Å². The molecule has 0 heterocycles. The molecule has 0 aromatic heterocycles. The topological polar surface area (TPSA) is 75.6 Å². The molecule has 0 fully saturated rings. The lowest BCUT2D eigenvalue weighted by Gasteiger charge is -2.19. The van der Waals surface area contributed by atoms with Crippen molar-refractivity contribution in [1.82, 2.24) is 5.32 Å². The molecule has 0 unspecified atom stereocenters. The third kappa shape index (κ3) is 5.76. The molecule has 0 atom stereocenters. The van der Waals surface area contributed by atoms with Gasteiger partial charge in [-0.25, -0.2) is 4.79 Å². The molecule has 0 bridgehead atoms. The normalized spacial score (nSPS) is 10.3. The quantitative estimate of drug-likeness (QED) is 0.650. The van der Waals surface area contributed by atoms with E-state index in [9.17, 15) is 14.7 Å². The number of carbonyl (C=O) groups excluding carboxylic acids is 2. The van der Waals surface area contributed by atoms with E-state index < -0.39 is 11.7 Å². The third-order valence-electron chi connectivity index (χ3n) is 2.17. The average Bonchev–Trinajstić information content (AvgIpc) is 2.35. The lowest BCUT2D eigenvalue weighted by atomic mass is 10.1. The van der Waals surface area contributed by atoms with Crippen molar-refractivity contribution in [3.05, 3.63) is 28.3 Å². The number of rotatable bonds is 2. The van der Waals surface area contributed by atoms with E-state index in [0.717, 1.165) is 0 Å². The Morgan fingerprint density at radius 2 is 2.14 bits per heavy atom. The average molecular weight is 310 g/mol. The Hall–Kier alpha value is -2.19. The summed E-state index contributed by atoms with van der Waals surface area (Å²) >= 11 is 5.81. The molecule has 0 spiro atoms. The number of hydrogen-bond acceptors (Lipinski definition) is 4. The standard InChI is InChI=1S/C15H16ClNO4/c1-15(2,3)21-14(20)17-6-4-5-10-7-12(16)8-11(9-18)13(10)19/h7-9,19H,6H2,1-3H3,(H,17,20). The first-order valence-electron chi connectivity index (χ1n) is 6.16. The molecule has 21 heavy (non-hydrogen) atoms. The van der Waals surface area contributed by atoms with Crippen molar-refractivity contribution in [3.63, 3.8) is 0 Å². The molecule has 112 valence electrons. The Morgan fingerprint density at radius 1 is 1.48 bits per heavy atom. The minimum Gasteiger partial charge on any atom is -0.506 e. The number of halogens is 1. The van der Waals surface area contributed by atoms with Gasteiger partial charge in [-0.15, -0.1) is 0 Å². The number of phenolic OH excluding ortho intramolecular Hbond substituents is 1. The summed E-state index contributed by atoms with van der Waals surface area (Å²) in [5, 5.41) is 12.5. The highest BCUT2D eigenvalue weighted by Crippen LogP contribution is 2.25. The molecule has 0 saturated heterocycles. The third-order valence-corrected chi connectivity index (χ3v) is 2.39. The number of benzene rings is 1. The number of alkyl carbamates (subject to hydrolysis) is 1. The number of hydrogen-bond donors (Lipinski definition) is 2. The fraction of sp³-hybridized carbons (Fsp3) is 0.333. The van der Waals surface area contributed by atoms with Crippen LogP contribution in [0.1, 0.15) is 36.7 Å². The van der Waals surface area contributed by atoms with Crippen LogP contribution in [0, 0.1) is 11.8 Å². The Labute approximate surface area is 128 Å². The summed E-state index contributed by atoms with van der Waals surface area (Å²) in [4.78, 5) is 22.1. The molecule has 0 radical (unpaired) electrons. The summed E-state index contributed by atoms with van der Waals surface area (Å²) in [6, 6.07) is 2.78. The molecule has 1 amide bonds. The van der Waals surface area contributed by atoms with Crippen LogP contribution in [0.3, 0.4) is 0 Å². The van der Waals surface area contributed by atoms with Gasteiger partial charge in [-0.2, -0.15) is 0 Å².